The fraction of sp³-hybridized carbons (Fsp3) is 0.360. The molecule has 0 bridgehead atoms. The number of methoxy groups -OCH3 is 1. The molecule has 0 saturated carbocycles. The van der Waals surface area contributed by atoms with Crippen molar-refractivity contribution in [3.05, 3.63) is 54.2 Å². The monoisotopic (exact) mass is 450 g/mol. The summed E-state index contributed by atoms with van der Waals surface area (Å²) >= 11 is 0. The fourth-order valence-corrected chi connectivity index (χ4v) is 4.33. The fourth-order valence-electron chi connectivity index (χ4n) is 4.33. The van der Waals surface area contributed by atoms with E-state index in [9.17, 15) is 14.7 Å². The van der Waals surface area contributed by atoms with Crippen molar-refractivity contribution in [3.8, 4) is 5.75 Å². The molecule has 1 aliphatic rings. The molecule has 2 aromatic carbocycles. The van der Waals surface area contributed by atoms with Crippen LogP contribution in [0.1, 0.15) is 25.5 Å². The van der Waals surface area contributed by atoms with Gasteiger partial charge in [-0.15, -0.1) is 0 Å². The second-order valence-electron chi connectivity index (χ2n) is 8.58. The third-order valence-corrected chi connectivity index (χ3v) is 6.14. The van der Waals surface area contributed by atoms with Crippen molar-refractivity contribution in [2.24, 2.45) is 5.92 Å². The van der Waals surface area contributed by atoms with Crippen LogP contribution in [0, 0.1) is 5.92 Å². The Hall–Kier alpha value is -3.52. The van der Waals surface area contributed by atoms with Crippen LogP contribution >= 0.6 is 0 Å². The Morgan fingerprint density at radius 2 is 1.82 bits per heavy atom. The molecule has 1 saturated heterocycles. The number of carbonyl (C=O) groups is 2. The minimum Gasteiger partial charge on any atom is -0.495 e. The van der Waals surface area contributed by atoms with E-state index in [2.05, 4.69) is 15.2 Å². The van der Waals surface area contributed by atoms with Crippen LogP contribution in [0.5, 0.6) is 5.75 Å². The van der Waals surface area contributed by atoms with Crippen molar-refractivity contribution in [1.29, 1.82) is 0 Å². The number of aromatic amines is 1. The first kappa shape index (κ1) is 22.7. The second kappa shape index (κ2) is 9.54. The number of aromatic nitrogens is 1. The molecule has 174 valence electrons. The number of rotatable bonds is 7. The molecule has 0 spiro atoms. The highest BCUT2D eigenvalue weighted by Gasteiger charge is 2.32. The van der Waals surface area contributed by atoms with Crippen LogP contribution in [-0.4, -0.2) is 60.2 Å². The SMILES string of the molecule is COc1ccccc1N1CCN([C@@H](C(=O)O)c2c[nH]c3ccc(NC(=O)C(C)C)cc23)CC1. The molecule has 2 heterocycles. The number of piperazine rings is 1. The van der Waals surface area contributed by atoms with Gasteiger partial charge >= 0.3 is 5.97 Å². The lowest BCUT2D eigenvalue weighted by molar-refractivity contribution is -0.143. The number of hydrogen-bond acceptors (Lipinski definition) is 5. The third kappa shape index (κ3) is 4.66. The van der Waals surface area contributed by atoms with Crippen LogP contribution in [0.2, 0.25) is 0 Å². The van der Waals surface area contributed by atoms with E-state index in [0.717, 1.165) is 22.3 Å². The van der Waals surface area contributed by atoms with Gasteiger partial charge < -0.3 is 25.0 Å². The van der Waals surface area contributed by atoms with Crippen molar-refractivity contribution >= 4 is 34.2 Å². The highest BCUT2D eigenvalue weighted by molar-refractivity contribution is 5.96. The number of carboxylic acid groups (broad SMARTS) is 1. The van der Waals surface area contributed by atoms with Gasteiger partial charge in [-0.1, -0.05) is 26.0 Å². The summed E-state index contributed by atoms with van der Waals surface area (Å²) < 4.78 is 5.49. The Bertz CT molecular complexity index is 1150. The van der Waals surface area contributed by atoms with Crippen LogP contribution in [0.25, 0.3) is 10.9 Å². The topological polar surface area (TPSA) is 97.9 Å². The molecule has 4 rings (SSSR count). The molecule has 1 amide bonds. The van der Waals surface area contributed by atoms with Crippen molar-refractivity contribution in [3.63, 3.8) is 0 Å². The van der Waals surface area contributed by atoms with Crippen LogP contribution in [0.15, 0.2) is 48.7 Å². The smallest absolute Gasteiger partial charge is 0.325 e. The average molecular weight is 451 g/mol. The van der Waals surface area contributed by atoms with E-state index < -0.39 is 12.0 Å². The minimum atomic E-state index is -0.890. The largest absolute Gasteiger partial charge is 0.495 e. The molecule has 1 aromatic heterocycles. The minimum absolute atomic E-state index is 0.0753. The van der Waals surface area contributed by atoms with Gasteiger partial charge in [0.2, 0.25) is 5.91 Å². The number of aliphatic carboxylic acids is 1. The van der Waals surface area contributed by atoms with Gasteiger partial charge in [-0.3, -0.25) is 14.5 Å². The first-order valence-corrected chi connectivity index (χ1v) is 11.2. The Labute approximate surface area is 193 Å². The first-order chi connectivity index (χ1) is 15.9. The number of nitrogens with one attached hydrogen (secondary N) is 2. The molecule has 0 unspecified atom stereocenters. The summed E-state index contributed by atoms with van der Waals surface area (Å²) in [5.41, 5.74) is 3.21. The summed E-state index contributed by atoms with van der Waals surface area (Å²) in [5, 5.41) is 13.9. The number of anilines is 2. The Balaban J connectivity index is 1.57. The first-order valence-electron chi connectivity index (χ1n) is 11.2. The maximum absolute atomic E-state index is 12.4. The van der Waals surface area contributed by atoms with E-state index in [-0.39, 0.29) is 11.8 Å². The summed E-state index contributed by atoms with van der Waals surface area (Å²) in [7, 11) is 1.66. The molecular formula is C25H30N4O4. The lowest BCUT2D eigenvalue weighted by Crippen LogP contribution is -2.49. The van der Waals surface area contributed by atoms with Gasteiger partial charge in [-0.05, 0) is 30.3 Å². The zero-order valence-electron chi connectivity index (χ0n) is 19.2. The van der Waals surface area contributed by atoms with E-state index in [1.807, 2.05) is 61.2 Å². The Kier molecular flexibility index (Phi) is 6.55. The standard InChI is InChI=1S/C25H30N4O4/c1-16(2)24(30)27-17-8-9-20-18(14-17)19(15-26-20)23(25(31)32)29-12-10-28(11-13-29)21-6-4-5-7-22(21)33-3/h4-9,14-16,23,26H,10-13H2,1-3H3,(H,27,30)(H,31,32)/t23-/m1/s1. The van der Waals surface area contributed by atoms with Crippen molar-refractivity contribution < 1.29 is 19.4 Å². The summed E-state index contributed by atoms with van der Waals surface area (Å²) in [6, 6.07) is 12.6. The van der Waals surface area contributed by atoms with Crippen LogP contribution in [0.4, 0.5) is 11.4 Å². The van der Waals surface area contributed by atoms with Crippen LogP contribution < -0.4 is 15.0 Å². The van der Waals surface area contributed by atoms with E-state index in [1.54, 1.807) is 13.3 Å². The third-order valence-electron chi connectivity index (χ3n) is 6.14. The van der Waals surface area contributed by atoms with Gasteiger partial charge in [0, 0.05) is 60.4 Å². The molecule has 0 radical (unpaired) electrons. The van der Waals surface area contributed by atoms with Gasteiger partial charge in [-0.25, -0.2) is 0 Å². The molecule has 8 heteroatoms. The quantitative estimate of drug-likeness (QED) is 0.508. The number of ether oxygens (including phenoxy) is 1. The van der Waals surface area contributed by atoms with Gasteiger partial charge in [0.1, 0.15) is 11.8 Å². The normalized spacial score (nSPS) is 15.6. The maximum atomic E-state index is 12.4. The van der Waals surface area contributed by atoms with Crippen LogP contribution in [-0.2, 0) is 9.59 Å². The molecule has 33 heavy (non-hydrogen) atoms. The highest BCUT2D eigenvalue weighted by Crippen LogP contribution is 2.33. The lowest BCUT2D eigenvalue weighted by atomic mass is 10.0. The number of hydrogen-bond donors (Lipinski definition) is 3. The summed E-state index contributed by atoms with van der Waals surface area (Å²) in [6.07, 6.45) is 1.77. The molecular weight excluding hydrogens is 420 g/mol. The van der Waals surface area contributed by atoms with Gasteiger partial charge in [0.15, 0.2) is 0 Å². The zero-order valence-corrected chi connectivity index (χ0v) is 19.2. The van der Waals surface area contributed by atoms with E-state index in [0.29, 0.717) is 37.4 Å². The molecule has 8 nitrogen and oxygen atoms in total. The van der Waals surface area contributed by atoms with Crippen molar-refractivity contribution in [1.82, 2.24) is 9.88 Å². The van der Waals surface area contributed by atoms with E-state index in [1.165, 1.54) is 0 Å². The van der Waals surface area contributed by atoms with Gasteiger partial charge in [-0.2, -0.15) is 0 Å². The van der Waals surface area contributed by atoms with Gasteiger partial charge in [0.25, 0.3) is 0 Å². The molecule has 1 atom stereocenters. The number of carboxylic acids is 1. The molecule has 1 aliphatic heterocycles. The predicted molar refractivity (Wildman–Crippen MR) is 129 cm³/mol. The van der Waals surface area contributed by atoms with Crippen molar-refractivity contribution in [2.75, 3.05) is 43.5 Å². The predicted octanol–water partition coefficient (Wildman–Crippen LogP) is 3.72. The lowest BCUT2D eigenvalue weighted by Gasteiger charge is -2.39. The van der Waals surface area contributed by atoms with E-state index in [4.69, 9.17) is 4.74 Å². The maximum Gasteiger partial charge on any atom is 0.325 e. The average Bonchev–Trinajstić information content (AvgIpc) is 3.22. The summed E-state index contributed by atoms with van der Waals surface area (Å²) in [5.74, 6) is -0.294. The zero-order chi connectivity index (χ0) is 23.5. The molecule has 3 aromatic rings. The number of fused-ring (bicyclic) bond motifs is 1. The Morgan fingerprint density at radius 3 is 2.48 bits per heavy atom. The molecule has 3 N–H and O–H groups in total. The van der Waals surface area contributed by atoms with Crippen LogP contribution in [0.3, 0.4) is 0 Å². The summed E-state index contributed by atoms with van der Waals surface area (Å²) in [6.45, 7) is 6.27. The number of benzene rings is 2. The number of para-hydroxylation sites is 2. The number of nitrogens with zero attached hydrogens (tertiary/aromatic N) is 2. The van der Waals surface area contributed by atoms with E-state index >= 15 is 0 Å². The van der Waals surface area contributed by atoms with Gasteiger partial charge in [0.05, 0.1) is 12.8 Å². The number of amides is 1. The van der Waals surface area contributed by atoms with Crippen molar-refractivity contribution in [2.45, 2.75) is 19.9 Å². The highest BCUT2D eigenvalue weighted by atomic mass is 16.5. The second-order valence-corrected chi connectivity index (χ2v) is 8.58. The Morgan fingerprint density at radius 1 is 1.09 bits per heavy atom. The number of H-pyrrole nitrogens is 1. The molecule has 0 aliphatic carbocycles. The number of carbonyl (C=O) groups excluding carboxylic acids is 1. The summed E-state index contributed by atoms with van der Waals surface area (Å²) in [4.78, 5) is 31.9. The molecule has 1 fully saturated rings.